The van der Waals surface area contributed by atoms with Crippen molar-refractivity contribution in [1.82, 2.24) is 5.32 Å². The molecule has 1 rings (SSSR count). The van der Waals surface area contributed by atoms with E-state index < -0.39 is 6.04 Å². The van der Waals surface area contributed by atoms with Gasteiger partial charge in [-0.2, -0.15) is 5.26 Å². The normalized spacial score (nSPS) is 11.9. The molecule has 0 aliphatic carbocycles. The number of nitrogens with zero attached hydrogens (tertiary/aromatic N) is 1. The first kappa shape index (κ1) is 13.6. The average Bonchev–Trinajstić information content (AvgIpc) is 2.35. The van der Waals surface area contributed by atoms with Gasteiger partial charge in [-0.15, -0.1) is 11.8 Å². The maximum Gasteiger partial charge on any atom is 0.252 e. The molecule has 0 saturated heterocycles. The summed E-state index contributed by atoms with van der Waals surface area (Å²) in [7, 11) is 0. The number of hydrogen-bond donors (Lipinski definition) is 1. The van der Waals surface area contributed by atoms with Crippen molar-refractivity contribution >= 4 is 17.7 Å². The third-order valence-electron chi connectivity index (χ3n) is 2.44. The Morgan fingerprint density at radius 3 is 2.35 bits per heavy atom. The van der Waals surface area contributed by atoms with E-state index in [2.05, 4.69) is 11.4 Å². The second kappa shape index (κ2) is 6.31. The van der Waals surface area contributed by atoms with Crippen LogP contribution in [-0.4, -0.2) is 18.2 Å². The van der Waals surface area contributed by atoms with Gasteiger partial charge in [0.15, 0.2) is 0 Å². The van der Waals surface area contributed by atoms with Crippen molar-refractivity contribution in [1.29, 1.82) is 5.26 Å². The van der Waals surface area contributed by atoms with Crippen LogP contribution in [0, 0.1) is 17.2 Å². The zero-order valence-corrected chi connectivity index (χ0v) is 11.0. The molecule has 0 bridgehead atoms. The van der Waals surface area contributed by atoms with Gasteiger partial charge >= 0.3 is 0 Å². The van der Waals surface area contributed by atoms with E-state index in [0.29, 0.717) is 5.56 Å². The lowest BCUT2D eigenvalue weighted by molar-refractivity contribution is 0.0937. The van der Waals surface area contributed by atoms with E-state index in [1.807, 2.05) is 32.2 Å². The molecule has 0 fully saturated rings. The molecule has 0 heterocycles. The first-order valence-electron chi connectivity index (χ1n) is 5.43. The number of carbonyl (C=O) groups excluding carboxylic acids is 1. The molecule has 0 aromatic heterocycles. The smallest absolute Gasteiger partial charge is 0.252 e. The number of carbonyl (C=O) groups is 1. The summed E-state index contributed by atoms with van der Waals surface area (Å²) in [6.45, 7) is 3.82. The number of benzene rings is 1. The third kappa shape index (κ3) is 3.79. The number of amides is 1. The molecular weight excluding hydrogens is 232 g/mol. The van der Waals surface area contributed by atoms with Crippen molar-refractivity contribution in [2.45, 2.75) is 24.8 Å². The summed E-state index contributed by atoms with van der Waals surface area (Å²) in [5.74, 6) is -0.0904. The van der Waals surface area contributed by atoms with E-state index in [0.717, 1.165) is 4.90 Å². The van der Waals surface area contributed by atoms with Crippen molar-refractivity contribution < 1.29 is 4.79 Å². The SMILES string of the molecule is CSc1ccc(C(=O)NC(C#N)C(C)C)cc1. The van der Waals surface area contributed by atoms with Crippen molar-refractivity contribution in [3.63, 3.8) is 0 Å². The standard InChI is InChI=1S/C13H16N2OS/c1-9(2)12(8-14)15-13(16)10-4-6-11(17-3)7-5-10/h4-7,9,12H,1-3H3,(H,15,16). The van der Waals surface area contributed by atoms with Crippen molar-refractivity contribution in [3.8, 4) is 6.07 Å². The van der Waals surface area contributed by atoms with Crippen LogP contribution in [0.1, 0.15) is 24.2 Å². The molecule has 3 nitrogen and oxygen atoms in total. The van der Waals surface area contributed by atoms with Crippen molar-refractivity contribution in [2.24, 2.45) is 5.92 Å². The highest BCUT2D eigenvalue weighted by molar-refractivity contribution is 7.98. The highest BCUT2D eigenvalue weighted by Crippen LogP contribution is 2.15. The van der Waals surface area contributed by atoms with Crippen LogP contribution in [0.25, 0.3) is 0 Å². The van der Waals surface area contributed by atoms with Gasteiger partial charge in [0, 0.05) is 10.5 Å². The van der Waals surface area contributed by atoms with Gasteiger partial charge in [0.2, 0.25) is 0 Å². The Balaban J connectivity index is 2.73. The van der Waals surface area contributed by atoms with Crippen LogP contribution in [0.5, 0.6) is 0 Å². The molecule has 0 aliphatic heterocycles. The van der Waals surface area contributed by atoms with Crippen molar-refractivity contribution in [2.75, 3.05) is 6.26 Å². The van der Waals surface area contributed by atoms with Gasteiger partial charge in [-0.05, 0) is 36.4 Å². The monoisotopic (exact) mass is 248 g/mol. The number of rotatable bonds is 4. The molecule has 1 atom stereocenters. The fourth-order valence-electron chi connectivity index (χ4n) is 1.31. The third-order valence-corrected chi connectivity index (χ3v) is 3.19. The van der Waals surface area contributed by atoms with Crippen LogP contribution in [0.3, 0.4) is 0 Å². The number of nitriles is 1. The highest BCUT2D eigenvalue weighted by Gasteiger charge is 2.15. The molecule has 1 aromatic carbocycles. The zero-order valence-electron chi connectivity index (χ0n) is 10.2. The van der Waals surface area contributed by atoms with Gasteiger partial charge in [0.25, 0.3) is 5.91 Å². The van der Waals surface area contributed by atoms with Gasteiger partial charge in [-0.25, -0.2) is 0 Å². The Morgan fingerprint density at radius 1 is 1.35 bits per heavy atom. The van der Waals surface area contributed by atoms with Gasteiger partial charge in [-0.3, -0.25) is 4.79 Å². The summed E-state index contributed by atoms with van der Waals surface area (Å²) in [6, 6.07) is 8.99. The quantitative estimate of drug-likeness (QED) is 0.833. The van der Waals surface area contributed by atoms with Gasteiger partial charge < -0.3 is 5.32 Å². The summed E-state index contributed by atoms with van der Waals surface area (Å²) in [5.41, 5.74) is 0.587. The van der Waals surface area contributed by atoms with Crippen LogP contribution in [-0.2, 0) is 0 Å². The van der Waals surface area contributed by atoms with E-state index in [9.17, 15) is 4.79 Å². The van der Waals surface area contributed by atoms with E-state index in [4.69, 9.17) is 5.26 Å². The minimum Gasteiger partial charge on any atom is -0.336 e. The average molecular weight is 248 g/mol. The van der Waals surface area contributed by atoms with E-state index >= 15 is 0 Å². The second-order valence-corrected chi connectivity index (χ2v) is 4.93. The minimum atomic E-state index is -0.442. The molecule has 1 N–H and O–H groups in total. The molecule has 1 unspecified atom stereocenters. The highest BCUT2D eigenvalue weighted by atomic mass is 32.2. The summed E-state index contributed by atoms with van der Waals surface area (Å²) in [6.07, 6.45) is 1.99. The van der Waals surface area contributed by atoms with E-state index in [-0.39, 0.29) is 11.8 Å². The van der Waals surface area contributed by atoms with Crippen LogP contribution < -0.4 is 5.32 Å². The molecule has 90 valence electrons. The summed E-state index contributed by atoms with van der Waals surface area (Å²) >= 11 is 1.63. The lowest BCUT2D eigenvalue weighted by Crippen LogP contribution is -2.37. The first-order chi connectivity index (χ1) is 8.08. The molecule has 0 aliphatic rings. The molecule has 0 radical (unpaired) electrons. The molecule has 0 spiro atoms. The Hall–Kier alpha value is -1.47. The second-order valence-electron chi connectivity index (χ2n) is 4.05. The van der Waals surface area contributed by atoms with E-state index in [1.54, 1.807) is 23.9 Å². The van der Waals surface area contributed by atoms with Gasteiger partial charge in [0.1, 0.15) is 6.04 Å². The molecule has 0 saturated carbocycles. The topological polar surface area (TPSA) is 52.9 Å². The van der Waals surface area contributed by atoms with Gasteiger partial charge in [0.05, 0.1) is 6.07 Å². The van der Waals surface area contributed by atoms with Crippen LogP contribution >= 0.6 is 11.8 Å². The van der Waals surface area contributed by atoms with Crippen LogP contribution in [0.2, 0.25) is 0 Å². The Kier molecular flexibility index (Phi) is 5.05. The maximum absolute atomic E-state index is 11.8. The lowest BCUT2D eigenvalue weighted by Gasteiger charge is -2.14. The molecule has 4 heteroatoms. The minimum absolute atomic E-state index is 0.106. The van der Waals surface area contributed by atoms with Crippen LogP contribution in [0.4, 0.5) is 0 Å². The Morgan fingerprint density at radius 2 is 1.94 bits per heavy atom. The molecular formula is C13H16N2OS. The van der Waals surface area contributed by atoms with Crippen LogP contribution in [0.15, 0.2) is 29.2 Å². The predicted molar refractivity (Wildman–Crippen MR) is 69.9 cm³/mol. The number of nitrogens with one attached hydrogen (secondary N) is 1. The predicted octanol–water partition coefficient (Wildman–Crippen LogP) is 2.69. The largest absolute Gasteiger partial charge is 0.336 e. The fourth-order valence-corrected chi connectivity index (χ4v) is 1.72. The van der Waals surface area contributed by atoms with Gasteiger partial charge in [-0.1, -0.05) is 13.8 Å². The Bertz CT molecular complexity index is 420. The number of hydrogen-bond acceptors (Lipinski definition) is 3. The van der Waals surface area contributed by atoms with Crippen molar-refractivity contribution in [3.05, 3.63) is 29.8 Å². The molecule has 17 heavy (non-hydrogen) atoms. The molecule has 1 amide bonds. The first-order valence-corrected chi connectivity index (χ1v) is 6.65. The summed E-state index contributed by atoms with van der Waals surface area (Å²) < 4.78 is 0. The zero-order chi connectivity index (χ0) is 12.8. The van der Waals surface area contributed by atoms with E-state index in [1.165, 1.54) is 0 Å². The summed E-state index contributed by atoms with van der Waals surface area (Å²) in [5, 5.41) is 11.6. The maximum atomic E-state index is 11.8. The molecule has 1 aromatic rings. The lowest BCUT2D eigenvalue weighted by atomic mass is 10.1. The summed E-state index contributed by atoms with van der Waals surface area (Å²) in [4.78, 5) is 13.0. The Labute approximate surface area is 106 Å². The number of thioether (sulfide) groups is 1. The fraction of sp³-hybridized carbons (Fsp3) is 0.385.